The summed E-state index contributed by atoms with van der Waals surface area (Å²) in [4.78, 5) is 12.8. The van der Waals surface area contributed by atoms with E-state index < -0.39 is 5.82 Å². The minimum absolute atomic E-state index is 0.00704. The molecule has 3 nitrogen and oxygen atoms in total. The quantitative estimate of drug-likeness (QED) is 0.676. The molecular formula is C15H13FO3S. The van der Waals surface area contributed by atoms with Crippen LogP contribution >= 0.6 is 11.8 Å². The van der Waals surface area contributed by atoms with Crippen LogP contribution in [0.3, 0.4) is 0 Å². The first-order chi connectivity index (χ1) is 9.61. The molecule has 0 heterocycles. The summed E-state index contributed by atoms with van der Waals surface area (Å²) in [5, 5.41) is 9.58. The highest BCUT2D eigenvalue weighted by Crippen LogP contribution is 2.30. The average Bonchev–Trinajstić information content (AvgIpc) is 2.47. The molecule has 5 heteroatoms. The number of rotatable bonds is 5. The van der Waals surface area contributed by atoms with E-state index in [1.165, 1.54) is 17.8 Å². The molecule has 0 unspecified atom stereocenters. The summed E-state index contributed by atoms with van der Waals surface area (Å²) in [5.74, 6) is -0.325. The van der Waals surface area contributed by atoms with Crippen molar-refractivity contribution in [1.29, 1.82) is 0 Å². The lowest BCUT2D eigenvalue weighted by Gasteiger charge is -2.08. The molecule has 2 aromatic carbocycles. The maximum Gasteiger partial charge on any atom is 0.176 e. The molecule has 0 spiro atoms. The highest BCUT2D eigenvalue weighted by Gasteiger charge is 2.13. The number of ketones is 1. The molecular weight excluding hydrogens is 279 g/mol. The van der Waals surface area contributed by atoms with Gasteiger partial charge in [0.1, 0.15) is 17.3 Å². The van der Waals surface area contributed by atoms with Gasteiger partial charge in [-0.2, -0.15) is 0 Å². The summed E-state index contributed by atoms with van der Waals surface area (Å²) < 4.78 is 18.3. The average molecular weight is 292 g/mol. The van der Waals surface area contributed by atoms with Crippen LogP contribution in [0.5, 0.6) is 11.5 Å². The zero-order valence-electron chi connectivity index (χ0n) is 10.8. The molecule has 0 aliphatic carbocycles. The molecule has 2 rings (SSSR count). The Labute approximate surface area is 120 Å². The number of aromatic hydroxyl groups is 1. The first kappa shape index (κ1) is 14.4. The zero-order chi connectivity index (χ0) is 14.5. The second-order valence-electron chi connectivity index (χ2n) is 4.02. The highest BCUT2D eigenvalue weighted by molar-refractivity contribution is 8.00. The Balaban J connectivity index is 2.11. The van der Waals surface area contributed by atoms with E-state index in [1.54, 1.807) is 13.2 Å². The van der Waals surface area contributed by atoms with Crippen LogP contribution < -0.4 is 4.74 Å². The topological polar surface area (TPSA) is 46.5 Å². The third-order valence-corrected chi connectivity index (χ3v) is 3.74. The summed E-state index contributed by atoms with van der Waals surface area (Å²) in [7, 11) is 1.56. The van der Waals surface area contributed by atoms with E-state index in [9.17, 15) is 14.3 Å². The van der Waals surface area contributed by atoms with E-state index in [4.69, 9.17) is 4.74 Å². The number of carbonyl (C=O) groups excluding carboxylic acids is 1. The minimum atomic E-state index is -0.548. The number of Topliss-reactive ketones (excluding diaryl/α,β-unsaturated/α-hetero) is 1. The normalized spacial score (nSPS) is 10.3. The summed E-state index contributed by atoms with van der Waals surface area (Å²) in [6, 6.07) is 10.6. The Kier molecular flexibility index (Phi) is 4.63. The van der Waals surface area contributed by atoms with Crippen LogP contribution in [0.2, 0.25) is 0 Å². The van der Waals surface area contributed by atoms with Crippen LogP contribution in [0.25, 0.3) is 0 Å². The lowest BCUT2D eigenvalue weighted by molar-refractivity contribution is 0.101. The van der Waals surface area contributed by atoms with E-state index in [1.807, 2.05) is 18.2 Å². The monoisotopic (exact) mass is 292 g/mol. The van der Waals surface area contributed by atoms with E-state index in [0.29, 0.717) is 5.75 Å². The second-order valence-corrected chi connectivity index (χ2v) is 5.04. The third-order valence-electron chi connectivity index (χ3n) is 2.69. The highest BCUT2D eigenvalue weighted by atomic mass is 32.2. The predicted molar refractivity (Wildman–Crippen MR) is 76.1 cm³/mol. The number of carbonyl (C=O) groups is 1. The van der Waals surface area contributed by atoms with Gasteiger partial charge in [0.15, 0.2) is 5.78 Å². The summed E-state index contributed by atoms with van der Waals surface area (Å²) in [6.45, 7) is 0. The number of hydrogen-bond acceptors (Lipinski definition) is 4. The van der Waals surface area contributed by atoms with Gasteiger partial charge in [0, 0.05) is 4.90 Å². The van der Waals surface area contributed by atoms with Gasteiger partial charge in [-0.15, -0.1) is 11.8 Å². The third kappa shape index (κ3) is 3.30. The molecule has 20 heavy (non-hydrogen) atoms. The van der Waals surface area contributed by atoms with Crippen LogP contribution in [-0.2, 0) is 0 Å². The van der Waals surface area contributed by atoms with E-state index in [-0.39, 0.29) is 22.8 Å². The standard InChI is InChI=1S/C15H13FO3S/c1-19-14-4-2-3-5-15(14)20-9-13(18)11-8-10(16)6-7-12(11)17/h2-8,17H,9H2,1H3. The molecule has 0 fully saturated rings. The first-order valence-corrected chi connectivity index (χ1v) is 6.88. The fourth-order valence-electron chi connectivity index (χ4n) is 1.69. The van der Waals surface area contributed by atoms with Crippen molar-refractivity contribution in [3.63, 3.8) is 0 Å². The minimum Gasteiger partial charge on any atom is -0.507 e. The van der Waals surface area contributed by atoms with Gasteiger partial charge in [0.25, 0.3) is 0 Å². The van der Waals surface area contributed by atoms with E-state index in [0.717, 1.165) is 17.0 Å². The molecule has 104 valence electrons. The number of methoxy groups -OCH3 is 1. The molecule has 0 saturated heterocycles. The van der Waals surface area contributed by atoms with Crippen LogP contribution in [0.1, 0.15) is 10.4 Å². The fourth-order valence-corrected chi connectivity index (χ4v) is 2.60. The Bertz CT molecular complexity index is 628. The smallest absolute Gasteiger partial charge is 0.176 e. The molecule has 0 saturated carbocycles. The van der Waals surface area contributed by atoms with Crippen molar-refractivity contribution in [2.75, 3.05) is 12.9 Å². The van der Waals surface area contributed by atoms with Crippen LogP contribution in [0, 0.1) is 5.82 Å². The molecule has 0 radical (unpaired) electrons. The number of hydrogen-bond donors (Lipinski definition) is 1. The number of thioether (sulfide) groups is 1. The largest absolute Gasteiger partial charge is 0.507 e. The predicted octanol–water partition coefficient (Wildman–Crippen LogP) is 3.51. The van der Waals surface area contributed by atoms with Crippen molar-refractivity contribution in [3.8, 4) is 11.5 Å². The molecule has 0 amide bonds. The van der Waals surface area contributed by atoms with Crippen molar-refractivity contribution < 1.29 is 19.0 Å². The fraction of sp³-hybridized carbons (Fsp3) is 0.133. The van der Waals surface area contributed by atoms with Crippen LogP contribution in [0.15, 0.2) is 47.4 Å². The Morgan fingerprint density at radius 3 is 2.80 bits per heavy atom. The SMILES string of the molecule is COc1ccccc1SCC(=O)c1cc(F)ccc1O. The van der Waals surface area contributed by atoms with Crippen molar-refractivity contribution in [2.45, 2.75) is 4.90 Å². The Hall–Kier alpha value is -2.01. The van der Waals surface area contributed by atoms with Crippen molar-refractivity contribution >= 4 is 17.5 Å². The first-order valence-electron chi connectivity index (χ1n) is 5.89. The molecule has 2 aromatic rings. The van der Waals surface area contributed by atoms with Crippen LogP contribution in [0.4, 0.5) is 4.39 Å². The molecule has 0 aromatic heterocycles. The number of para-hydroxylation sites is 1. The molecule has 1 N–H and O–H groups in total. The van der Waals surface area contributed by atoms with Gasteiger partial charge in [0.05, 0.1) is 18.4 Å². The van der Waals surface area contributed by atoms with Crippen molar-refractivity contribution in [1.82, 2.24) is 0 Å². The van der Waals surface area contributed by atoms with Gasteiger partial charge >= 0.3 is 0 Å². The second kappa shape index (κ2) is 6.43. The summed E-state index contributed by atoms with van der Waals surface area (Å²) in [5.41, 5.74) is -0.00704. The lowest BCUT2D eigenvalue weighted by Crippen LogP contribution is -2.03. The molecule has 0 aliphatic rings. The number of phenolic OH excluding ortho intramolecular Hbond substituents is 1. The number of halogens is 1. The number of ether oxygens (including phenoxy) is 1. The molecule has 0 atom stereocenters. The lowest BCUT2D eigenvalue weighted by atomic mass is 10.1. The van der Waals surface area contributed by atoms with Crippen LogP contribution in [-0.4, -0.2) is 23.8 Å². The van der Waals surface area contributed by atoms with E-state index in [2.05, 4.69) is 0 Å². The van der Waals surface area contributed by atoms with Gasteiger partial charge in [-0.05, 0) is 30.3 Å². The Morgan fingerprint density at radius 2 is 2.05 bits per heavy atom. The van der Waals surface area contributed by atoms with Gasteiger partial charge in [-0.1, -0.05) is 12.1 Å². The molecule has 0 bridgehead atoms. The molecule has 0 aliphatic heterocycles. The van der Waals surface area contributed by atoms with Gasteiger partial charge in [-0.3, -0.25) is 4.79 Å². The van der Waals surface area contributed by atoms with Crippen molar-refractivity contribution in [3.05, 3.63) is 53.8 Å². The van der Waals surface area contributed by atoms with E-state index >= 15 is 0 Å². The number of benzene rings is 2. The van der Waals surface area contributed by atoms with Gasteiger partial charge < -0.3 is 9.84 Å². The van der Waals surface area contributed by atoms with Gasteiger partial charge in [-0.25, -0.2) is 4.39 Å². The maximum absolute atomic E-state index is 13.1. The maximum atomic E-state index is 13.1. The zero-order valence-corrected chi connectivity index (χ0v) is 11.6. The number of phenols is 1. The summed E-state index contributed by atoms with van der Waals surface area (Å²) in [6.07, 6.45) is 0. The Morgan fingerprint density at radius 1 is 1.30 bits per heavy atom. The van der Waals surface area contributed by atoms with Crippen molar-refractivity contribution in [2.24, 2.45) is 0 Å². The van der Waals surface area contributed by atoms with Gasteiger partial charge in [0.2, 0.25) is 0 Å². The summed E-state index contributed by atoms with van der Waals surface area (Å²) >= 11 is 1.28.